The van der Waals surface area contributed by atoms with E-state index in [1.807, 2.05) is 0 Å². The number of allylic oxidation sites excluding steroid dienone is 6. The highest BCUT2D eigenvalue weighted by atomic mass is 15.1. The van der Waals surface area contributed by atoms with Gasteiger partial charge in [0.15, 0.2) is 0 Å². The molecule has 0 heterocycles. The lowest BCUT2D eigenvalue weighted by atomic mass is 9.82. The number of nitrogens with zero attached hydrogens (tertiary/aromatic N) is 1. The van der Waals surface area contributed by atoms with Crippen molar-refractivity contribution in [2.45, 2.75) is 33.1 Å². The van der Waals surface area contributed by atoms with Gasteiger partial charge in [-0.2, -0.15) is 0 Å². The van der Waals surface area contributed by atoms with E-state index in [1.54, 1.807) is 0 Å². The van der Waals surface area contributed by atoms with Gasteiger partial charge in [-0.1, -0.05) is 96.6 Å². The van der Waals surface area contributed by atoms with Gasteiger partial charge < -0.3 is 10.6 Å². The molecule has 0 bridgehead atoms. The quantitative estimate of drug-likeness (QED) is 0.280. The Labute approximate surface area is 226 Å². The molecule has 188 valence electrons. The number of hydrogen-bond acceptors (Lipinski definition) is 2. The van der Waals surface area contributed by atoms with Crippen molar-refractivity contribution in [3.05, 3.63) is 126 Å². The molecule has 0 radical (unpaired) electrons. The van der Waals surface area contributed by atoms with Crippen molar-refractivity contribution in [3.63, 3.8) is 0 Å². The van der Waals surface area contributed by atoms with Crippen LogP contribution >= 0.6 is 0 Å². The average molecular weight is 495 g/mol. The van der Waals surface area contributed by atoms with Gasteiger partial charge in [0.2, 0.25) is 0 Å². The van der Waals surface area contributed by atoms with Crippen LogP contribution in [0, 0.1) is 6.92 Å². The summed E-state index contributed by atoms with van der Waals surface area (Å²) in [5.74, 6) is 0. The number of nitrogen functional groups attached to an aromatic ring is 1. The van der Waals surface area contributed by atoms with Crippen LogP contribution in [0.1, 0.15) is 36.5 Å². The van der Waals surface area contributed by atoms with Gasteiger partial charge in [-0.15, -0.1) is 0 Å². The highest BCUT2D eigenvalue weighted by Crippen LogP contribution is 2.45. The predicted octanol–water partition coefficient (Wildman–Crippen LogP) is 9.25. The molecule has 2 aliphatic carbocycles. The third kappa shape index (κ3) is 4.26. The van der Waals surface area contributed by atoms with Crippen molar-refractivity contribution in [2.75, 3.05) is 17.2 Å². The van der Waals surface area contributed by atoms with Gasteiger partial charge in [-0.3, -0.25) is 0 Å². The maximum absolute atomic E-state index is 6.81. The first-order valence-corrected chi connectivity index (χ1v) is 13.7. The van der Waals surface area contributed by atoms with E-state index < -0.39 is 0 Å². The molecule has 0 amide bonds. The van der Waals surface area contributed by atoms with Gasteiger partial charge in [0.1, 0.15) is 0 Å². The molecule has 4 aromatic rings. The fourth-order valence-electron chi connectivity index (χ4n) is 5.93. The second kappa shape index (κ2) is 10.2. The van der Waals surface area contributed by atoms with E-state index >= 15 is 0 Å². The zero-order valence-electron chi connectivity index (χ0n) is 22.2. The van der Waals surface area contributed by atoms with Crippen LogP contribution in [-0.2, 0) is 6.42 Å². The summed E-state index contributed by atoms with van der Waals surface area (Å²) in [6.07, 6.45) is 18.7. The maximum Gasteiger partial charge on any atom is 0.0644 e. The number of rotatable bonds is 5. The molecule has 2 aliphatic rings. The van der Waals surface area contributed by atoms with E-state index in [1.165, 1.54) is 55.4 Å². The third-order valence-corrected chi connectivity index (χ3v) is 7.74. The number of aryl methyl sites for hydroxylation is 1. The van der Waals surface area contributed by atoms with E-state index in [-0.39, 0.29) is 0 Å². The van der Waals surface area contributed by atoms with Gasteiger partial charge in [0.25, 0.3) is 0 Å². The molecule has 0 atom stereocenters. The number of anilines is 2. The number of nitrogens with two attached hydrogens (primary N) is 1. The van der Waals surface area contributed by atoms with E-state index in [0.29, 0.717) is 0 Å². The maximum atomic E-state index is 6.81. The molecule has 2 N–H and O–H groups in total. The van der Waals surface area contributed by atoms with Gasteiger partial charge in [0, 0.05) is 12.2 Å². The Morgan fingerprint density at radius 3 is 2.26 bits per heavy atom. The molecule has 2 heteroatoms. The number of hydrogen-bond donors (Lipinski definition) is 1. The van der Waals surface area contributed by atoms with Crippen LogP contribution in [-0.4, -0.2) is 6.54 Å². The summed E-state index contributed by atoms with van der Waals surface area (Å²) in [4.78, 5) is 2.32. The zero-order valence-corrected chi connectivity index (χ0v) is 22.2. The minimum absolute atomic E-state index is 0.810. The highest BCUT2D eigenvalue weighted by molar-refractivity contribution is 6.10. The van der Waals surface area contributed by atoms with Crippen LogP contribution in [0.25, 0.3) is 39.1 Å². The van der Waals surface area contributed by atoms with Crippen molar-refractivity contribution < 1.29 is 0 Å². The van der Waals surface area contributed by atoms with Crippen LogP contribution in [0.5, 0.6) is 0 Å². The number of fused-ring (bicyclic) bond motifs is 2. The molecule has 2 nitrogen and oxygen atoms in total. The van der Waals surface area contributed by atoms with Crippen LogP contribution in [0.3, 0.4) is 0 Å². The fourth-order valence-corrected chi connectivity index (χ4v) is 5.93. The summed E-state index contributed by atoms with van der Waals surface area (Å²) in [5.41, 5.74) is 18.8. The summed E-state index contributed by atoms with van der Waals surface area (Å²) < 4.78 is 0. The molecule has 0 aliphatic heterocycles. The standard InChI is InChI=1S/C36H34N2/c1-3-38(28-12-6-4-7-13-28)34-23-22-27(24-33(34)37)36-31-15-9-5-8-14-29(31)35(26-20-18-25(2)19-21-26)30-16-10-11-17-32(30)36/h5-6,8-14,16-24H,3-4,7,15,37H2,1-2H3. The Hall–Kier alpha value is -4.30. The largest absolute Gasteiger partial charge is 0.397 e. The van der Waals surface area contributed by atoms with Gasteiger partial charge in [-0.25, -0.2) is 0 Å². The molecule has 0 aromatic heterocycles. The highest BCUT2D eigenvalue weighted by Gasteiger charge is 2.21. The van der Waals surface area contributed by atoms with Crippen molar-refractivity contribution in [1.29, 1.82) is 0 Å². The number of likely N-dealkylation sites (N-methyl/N-ethyl adjacent to an activating group) is 1. The van der Waals surface area contributed by atoms with Gasteiger partial charge in [-0.05, 0) is 95.5 Å². The van der Waals surface area contributed by atoms with Crippen LogP contribution < -0.4 is 10.6 Å². The molecule has 0 unspecified atom stereocenters. The smallest absolute Gasteiger partial charge is 0.0644 e. The molecular formula is C36H34N2. The first-order chi connectivity index (χ1) is 18.7. The van der Waals surface area contributed by atoms with Crippen LogP contribution in [0.2, 0.25) is 0 Å². The first-order valence-electron chi connectivity index (χ1n) is 13.7. The predicted molar refractivity (Wildman–Crippen MR) is 165 cm³/mol. The van der Waals surface area contributed by atoms with Crippen molar-refractivity contribution in [1.82, 2.24) is 0 Å². The summed E-state index contributed by atoms with van der Waals surface area (Å²) in [5, 5.41) is 2.54. The molecule has 0 fully saturated rings. The lowest BCUT2D eigenvalue weighted by molar-refractivity contribution is 0.930. The molecule has 4 aromatic carbocycles. The van der Waals surface area contributed by atoms with Crippen LogP contribution in [0.4, 0.5) is 11.4 Å². The normalized spacial score (nSPS) is 14.3. The van der Waals surface area contributed by atoms with E-state index in [0.717, 1.165) is 37.2 Å². The van der Waals surface area contributed by atoms with E-state index in [2.05, 4.69) is 128 Å². The monoisotopic (exact) mass is 494 g/mol. The molecule has 0 spiro atoms. The summed E-state index contributed by atoms with van der Waals surface area (Å²) >= 11 is 0. The topological polar surface area (TPSA) is 29.3 Å². The summed E-state index contributed by atoms with van der Waals surface area (Å²) in [6, 6.07) is 24.4. The first kappa shape index (κ1) is 24.1. The zero-order chi connectivity index (χ0) is 26.1. The van der Waals surface area contributed by atoms with Crippen LogP contribution in [0.15, 0.2) is 109 Å². The molecular weight excluding hydrogens is 460 g/mol. The Balaban J connectivity index is 1.58. The second-order valence-electron chi connectivity index (χ2n) is 10.2. The molecule has 38 heavy (non-hydrogen) atoms. The fraction of sp³-hybridized carbons (Fsp3) is 0.167. The average Bonchev–Trinajstić information content (AvgIpc) is 3.20. The SMILES string of the molecule is CCN(C1=CCCC=C1)c1ccc(-c2c3c(c(-c4ccc(C)cc4)c4ccccc24)C=CC=CC3)cc1N. The summed E-state index contributed by atoms with van der Waals surface area (Å²) in [6.45, 7) is 5.20. The Kier molecular flexibility index (Phi) is 6.47. The molecule has 6 rings (SSSR count). The van der Waals surface area contributed by atoms with E-state index in [9.17, 15) is 0 Å². The van der Waals surface area contributed by atoms with E-state index in [4.69, 9.17) is 5.73 Å². The summed E-state index contributed by atoms with van der Waals surface area (Å²) in [7, 11) is 0. The Morgan fingerprint density at radius 2 is 1.55 bits per heavy atom. The third-order valence-electron chi connectivity index (χ3n) is 7.74. The Morgan fingerprint density at radius 1 is 0.789 bits per heavy atom. The minimum Gasteiger partial charge on any atom is -0.397 e. The van der Waals surface area contributed by atoms with Crippen molar-refractivity contribution in [2.24, 2.45) is 0 Å². The second-order valence-corrected chi connectivity index (χ2v) is 10.2. The lowest BCUT2D eigenvalue weighted by Crippen LogP contribution is -2.22. The lowest BCUT2D eigenvalue weighted by Gasteiger charge is -2.28. The van der Waals surface area contributed by atoms with Crippen molar-refractivity contribution in [3.8, 4) is 22.3 Å². The molecule has 0 saturated carbocycles. The van der Waals surface area contributed by atoms with Gasteiger partial charge in [0.05, 0.1) is 11.4 Å². The molecule has 0 saturated heterocycles. The number of benzene rings is 4. The van der Waals surface area contributed by atoms with Crippen molar-refractivity contribution >= 4 is 28.2 Å². The van der Waals surface area contributed by atoms with Gasteiger partial charge >= 0.3 is 0 Å². The Bertz CT molecular complexity index is 1630. The minimum atomic E-state index is 0.810.